The van der Waals surface area contributed by atoms with Crippen LogP contribution in [0.1, 0.15) is 16.5 Å². The molecule has 1 unspecified atom stereocenters. The molecule has 2 heterocycles. The van der Waals surface area contributed by atoms with Crippen molar-refractivity contribution in [3.8, 4) is 0 Å². The van der Waals surface area contributed by atoms with Crippen LogP contribution in [0.4, 0.5) is 0 Å². The number of aromatic nitrogens is 1. The number of nitrogens with one attached hydrogen (secondary N) is 1. The fraction of sp³-hybridized carbons (Fsp3) is 0.188. The summed E-state index contributed by atoms with van der Waals surface area (Å²) in [5.41, 5.74) is 2.40. The minimum atomic E-state index is 0.331. The van der Waals surface area contributed by atoms with Gasteiger partial charge in [-0.3, -0.25) is 4.98 Å². The first-order valence-corrected chi connectivity index (χ1v) is 8.14. The minimum absolute atomic E-state index is 0.331. The van der Waals surface area contributed by atoms with Crippen molar-refractivity contribution < 1.29 is 0 Å². The predicted octanol–water partition coefficient (Wildman–Crippen LogP) is 4.56. The molecule has 0 radical (unpaired) electrons. The first-order chi connectivity index (χ1) is 9.78. The van der Waals surface area contributed by atoms with Crippen LogP contribution in [0.3, 0.4) is 0 Å². The highest BCUT2D eigenvalue weighted by Gasteiger charge is 2.14. The summed E-state index contributed by atoms with van der Waals surface area (Å²) in [6, 6.07) is 15.1. The molecule has 2 nitrogen and oxygen atoms in total. The van der Waals surface area contributed by atoms with E-state index in [0.29, 0.717) is 6.04 Å². The Hall–Kier alpha value is -1.23. The molecule has 0 aliphatic rings. The number of pyridine rings is 1. The van der Waals surface area contributed by atoms with Crippen molar-refractivity contribution in [3.05, 3.63) is 62.9 Å². The molecule has 2 aromatic heterocycles. The Bertz CT molecular complexity index is 718. The van der Waals surface area contributed by atoms with Crippen molar-refractivity contribution >= 4 is 38.2 Å². The van der Waals surface area contributed by atoms with E-state index >= 15 is 0 Å². The smallest absolute Gasteiger partial charge is 0.0704 e. The van der Waals surface area contributed by atoms with Crippen LogP contribution in [-0.4, -0.2) is 12.0 Å². The third kappa shape index (κ3) is 2.77. The molecule has 1 aromatic carbocycles. The monoisotopic (exact) mass is 346 g/mol. The molecule has 0 saturated carbocycles. The summed E-state index contributed by atoms with van der Waals surface area (Å²) in [6.07, 6.45) is 2.86. The van der Waals surface area contributed by atoms with Crippen molar-refractivity contribution in [1.29, 1.82) is 0 Å². The maximum atomic E-state index is 4.43. The molecule has 1 atom stereocenters. The standard InChI is InChI=1S/C16H15BrN2S/c1-18-14(15-6-7-16(17)20-15)10-11-8-9-19-13-5-3-2-4-12(11)13/h2-9,14,18H,10H2,1H3. The molecule has 102 valence electrons. The first-order valence-electron chi connectivity index (χ1n) is 6.53. The SMILES string of the molecule is CNC(Cc1ccnc2ccccc12)c1ccc(Br)s1. The van der Waals surface area contributed by atoms with E-state index in [-0.39, 0.29) is 0 Å². The lowest BCUT2D eigenvalue weighted by atomic mass is 10.0. The van der Waals surface area contributed by atoms with Crippen LogP contribution in [-0.2, 0) is 6.42 Å². The predicted molar refractivity (Wildman–Crippen MR) is 89.3 cm³/mol. The number of benzene rings is 1. The van der Waals surface area contributed by atoms with Gasteiger partial charge in [0.25, 0.3) is 0 Å². The summed E-state index contributed by atoms with van der Waals surface area (Å²) in [7, 11) is 2.02. The zero-order valence-electron chi connectivity index (χ0n) is 11.1. The summed E-state index contributed by atoms with van der Waals surface area (Å²) in [6.45, 7) is 0. The average molecular weight is 347 g/mol. The molecule has 0 amide bonds. The van der Waals surface area contributed by atoms with Gasteiger partial charge >= 0.3 is 0 Å². The lowest BCUT2D eigenvalue weighted by Crippen LogP contribution is -2.17. The van der Waals surface area contributed by atoms with E-state index in [1.807, 2.05) is 19.3 Å². The Morgan fingerprint density at radius 3 is 2.80 bits per heavy atom. The number of halogens is 1. The second kappa shape index (κ2) is 6.04. The summed E-state index contributed by atoms with van der Waals surface area (Å²) >= 11 is 5.32. The number of hydrogen-bond acceptors (Lipinski definition) is 3. The Labute approximate surface area is 131 Å². The highest BCUT2D eigenvalue weighted by molar-refractivity contribution is 9.11. The van der Waals surface area contributed by atoms with Gasteiger partial charge in [0.15, 0.2) is 0 Å². The third-order valence-corrected chi connectivity index (χ3v) is 5.19. The van der Waals surface area contributed by atoms with Crippen molar-refractivity contribution in [1.82, 2.24) is 10.3 Å². The molecular weight excluding hydrogens is 332 g/mol. The zero-order chi connectivity index (χ0) is 13.9. The molecule has 4 heteroatoms. The van der Waals surface area contributed by atoms with Crippen LogP contribution in [0.25, 0.3) is 10.9 Å². The summed E-state index contributed by atoms with van der Waals surface area (Å²) < 4.78 is 1.17. The first kappa shape index (κ1) is 13.7. The van der Waals surface area contributed by atoms with Crippen molar-refractivity contribution in [2.45, 2.75) is 12.5 Å². The van der Waals surface area contributed by atoms with Gasteiger partial charge in [-0.05, 0) is 59.2 Å². The molecule has 0 saturated heterocycles. The molecule has 3 rings (SSSR count). The zero-order valence-corrected chi connectivity index (χ0v) is 13.5. The van der Waals surface area contributed by atoms with E-state index in [9.17, 15) is 0 Å². The molecule has 1 N–H and O–H groups in total. The number of hydrogen-bond donors (Lipinski definition) is 1. The van der Waals surface area contributed by atoms with Crippen molar-refractivity contribution in [2.75, 3.05) is 7.05 Å². The largest absolute Gasteiger partial charge is 0.312 e. The molecule has 0 bridgehead atoms. The van der Waals surface area contributed by atoms with Crippen molar-refractivity contribution in [2.24, 2.45) is 0 Å². The van der Waals surface area contributed by atoms with Gasteiger partial charge in [-0.25, -0.2) is 0 Å². The second-order valence-electron chi connectivity index (χ2n) is 4.67. The van der Waals surface area contributed by atoms with E-state index < -0.39 is 0 Å². The number of fused-ring (bicyclic) bond motifs is 1. The number of likely N-dealkylation sites (N-methyl/N-ethyl adjacent to an activating group) is 1. The highest BCUT2D eigenvalue weighted by Crippen LogP contribution is 2.30. The third-order valence-electron chi connectivity index (χ3n) is 3.45. The molecule has 0 aliphatic heterocycles. The maximum Gasteiger partial charge on any atom is 0.0704 e. The molecule has 0 aliphatic carbocycles. The normalized spacial score (nSPS) is 12.7. The molecule has 3 aromatic rings. The fourth-order valence-electron chi connectivity index (χ4n) is 2.41. The summed E-state index contributed by atoms with van der Waals surface area (Å²) in [4.78, 5) is 5.77. The molecule has 20 heavy (non-hydrogen) atoms. The Morgan fingerprint density at radius 2 is 2.05 bits per heavy atom. The van der Waals surface area contributed by atoms with Crippen LogP contribution in [0.2, 0.25) is 0 Å². The Morgan fingerprint density at radius 1 is 1.20 bits per heavy atom. The Kier molecular flexibility index (Phi) is 4.15. The van der Waals surface area contributed by atoms with E-state index in [0.717, 1.165) is 11.9 Å². The van der Waals surface area contributed by atoms with Gasteiger partial charge in [-0.15, -0.1) is 11.3 Å². The maximum absolute atomic E-state index is 4.43. The molecular formula is C16H15BrN2S. The van der Waals surface area contributed by atoms with Crippen LogP contribution < -0.4 is 5.32 Å². The number of rotatable bonds is 4. The van der Waals surface area contributed by atoms with E-state index in [2.05, 4.69) is 62.6 Å². The lowest BCUT2D eigenvalue weighted by molar-refractivity contribution is 0.604. The van der Waals surface area contributed by atoms with Crippen LogP contribution >= 0.6 is 27.3 Å². The highest BCUT2D eigenvalue weighted by atomic mass is 79.9. The number of para-hydroxylation sites is 1. The fourth-order valence-corrected chi connectivity index (χ4v) is 3.95. The Balaban J connectivity index is 1.95. The van der Waals surface area contributed by atoms with Crippen LogP contribution in [0, 0.1) is 0 Å². The van der Waals surface area contributed by atoms with Gasteiger partial charge < -0.3 is 5.32 Å². The molecule has 0 spiro atoms. The van der Waals surface area contributed by atoms with Gasteiger partial charge in [-0.1, -0.05) is 18.2 Å². The number of thiophene rings is 1. The van der Waals surface area contributed by atoms with Gasteiger partial charge in [0.1, 0.15) is 0 Å². The van der Waals surface area contributed by atoms with E-state index in [1.54, 1.807) is 11.3 Å². The second-order valence-corrected chi connectivity index (χ2v) is 7.17. The molecule has 0 fully saturated rings. The van der Waals surface area contributed by atoms with Crippen molar-refractivity contribution in [3.63, 3.8) is 0 Å². The van der Waals surface area contributed by atoms with Gasteiger partial charge in [0.05, 0.1) is 9.30 Å². The lowest BCUT2D eigenvalue weighted by Gasteiger charge is -2.15. The van der Waals surface area contributed by atoms with Crippen LogP contribution in [0.15, 0.2) is 52.4 Å². The summed E-state index contributed by atoms with van der Waals surface area (Å²) in [5.74, 6) is 0. The van der Waals surface area contributed by atoms with Gasteiger partial charge in [0.2, 0.25) is 0 Å². The average Bonchev–Trinajstić information content (AvgIpc) is 2.91. The van der Waals surface area contributed by atoms with Gasteiger partial charge in [-0.2, -0.15) is 0 Å². The quantitative estimate of drug-likeness (QED) is 0.748. The topological polar surface area (TPSA) is 24.9 Å². The summed E-state index contributed by atoms with van der Waals surface area (Å²) in [5, 5.41) is 4.66. The van der Waals surface area contributed by atoms with E-state index in [1.165, 1.54) is 19.6 Å². The number of nitrogens with zero attached hydrogens (tertiary/aromatic N) is 1. The van der Waals surface area contributed by atoms with Gasteiger partial charge in [0, 0.05) is 22.5 Å². The van der Waals surface area contributed by atoms with E-state index in [4.69, 9.17) is 0 Å². The minimum Gasteiger partial charge on any atom is -0.312 e. The van der Waals surface area contributed by atoms with Crippen LogP contribution in [0.5, 0.6) is 0 Å².